The lowest BCUT2D eigenvalue weighted by molar-refractivity contribution is 0.108. The highest BCUT2D eigenvalue weighted by atomic mass is 35.5. The highest BCUT2D eigenvalue weighted by Crippen LogP contribution is 2.24. The molecule has 0 radical (unpaired) electrons. The van der Waals surface area contributed by atoms with E-state index in [4.69, 9.17) is 16.3 Å². The molecule has 1 heterocycles. The molecule has 0 amide bonds. The van der Waals surface area contributed by atoms with Gasteiger partial charge in [0.2, 0.25) is 17.2 Å². The van der Waals surface area contributed by atoms with Gasteiger partial charge in [-0.25, -0.2) is 0 Å². The Kier molecular flexibility index (Phi) is 4.54. The molecule has 18 heavy (non-hydrogen) atoms. The third kappa shape index (κ3) is 3.43. The first-order valence-corrected chi connectivity index (χ1v) is 6.53. The quantitative estimate of drug-likeness (QED) is 0.853. The maximum atomic E-state index is 5.86. The number of hydrogen-bond donors (Lipinski definition) is 2. The van der Waals surface area contributed by atoms with Gasteiger partial charge in [0.05, 0.1) is 6.10 Å². The van der Waals surface area contributed by atoms with Crippen molar-refractivity contribution < 1.29 is 4.74 Å². The number of aromatic nitrogens is 3. The number of methoxy groups -OCH3 is 1. The molecule has 6 nitrogen and oxygen atoms in total. The number of halogens is 1. The molecule has 7 heteroatoms. The standard InChI is InChI=1S/C11H18ClN5O/c1-3-13-10-15-9(12)16-11(17-10)14-7-4-5-8(6-7)18-2/h7-8H,3-6H2,1-2H3,(H2,13,14,15,16,17). The molecule has 2 rings (SSSR count). The van der Waals surface area contributed by atoms with Crippen LogP contribution < -0.4 is 10.6 Å². The van der Waals surface area contributed by atoms with Crippen molar-refractivity contribution in [3.05, 3.63) is 5.28 Å². The summed E-state index contributed by atoms with van der Waals surface area (Å²) in [5.41, 5.74) is 0. The van der Waals surface area contributed by atoms with Crippen LogP contribution in [0.2, 0.25) is 5.28 Å². The van der Waals surface area contributed by atoms with Crippen LogP contribution in [-0.4, -0.2) is 40.8 Å². The maximum absolute atomic E-state index is 5.86. The average Bonchev–Trinajstić information content (AvgIpc) is 2.76. The number of rotatable bonds is 5. The molecule has 1 saturated carbocycles. The zero-order valence-corrected chi connectivity index (χ0v) is 11.4. The fourth-order valence-corrected chi connectivity index (χ4v) is 2.28. The molecule has 1 aromatic rings. The first kappa shape index (κ1) is 13.3. The van der Waals surface area contributed by atoms with Crippen LogP contribution in [0.4, 0.5) is 11.9 Å². The molecule has 0 aromatic carbocycles. The van der Waals surface area contributed by atoms with E-state index in [1.165, 1.54) is 0 Å². The molecular weight excluding hydrogens is 254 g/mol. The summed E-state index contributed by atoms with van der Waals surface area (Å²) < 4.78 is 5.33. The summed E-state index contributed by atoms with van der Waals surface area (Å²) in [4.78, 5) is 12.3. The monoisotopic (exact) mass is 271 g/mol. The third-order valence-corrected chi connectivity index (χ3v) is 3.16. The molecule has 1 fully saturated rings. The molecular formula is C11H18ClN5O. The van der Waals surface area contributed by atoms with E-state index in [-0.39, 0.29) is 5.28 Å². The molecule has 100 valence electrons. The van der Waals surface area contributed by atoms with Gasteiger partial charge in [0.25, 0.3) is 0 Å². The Hall–Kier alpha value is -1.14. The van der Waals surface area contributed by atoms with Crippen molar-refractivity contribution in [2.24, 2.45) is 0 Å². The minimum absolute atomic E-state index is 0.199. The van der Waals surface area contributed by atoms with Crippen molar-refractivity contribution in [2.75, 3.05) is 24.3 Å². The zero-order chi connectivity index (χ0) is 13.0. The fraction of sp³-hybridized carbons (Fsp3) is 0.727. The molecule has 0 bridgehead atoms. The van der Waals surface area contributed by atoms with Crippen molar-refractivity contribution in [3.8, 4) is 0 Å². The minimum Gasteiger partial charge on any atom is -0.381 e. The van der Waals surface area contributed by atoms with E-state index in [0.29, 0.717) is 24.0 Å². The first-order chi connectivity index (χ1) is 8.71. The van der Waals surface area contributed by atoms with Crippen molar-refractivity contribution in [1.29, 1.82) is 0 Å². The Morgan fingerprint density at radius 1 is 1.28 bits per heavy atom. The van der Waals surface area contributed by atoms with Gasteiger partial charge in [-0.3, -0.25) is 0 Å². The van der Waals surface area contributed by atoms with Gasteiger partial charge in [0, 0.05) is 19.7 Å². The smallest absolute Gasteiger partial charge is 0.229 e. The average molecular weight is 272 g/mol. The second-order valence-corrected chi connectivity index (χ2v) is 4.63. The van der Waals surface area contributed by atoms with Crippen LogP contribution in [0.25, 0.3) is 0 Å². The van der Waals surface area contributed by atoms with Crippen molar-refractivity contribution >= 4 is 23.5 Å². The number of anilines is 2. The number of nitrogens with zero attached hydrogens (tertiary/aromatic N) is 3. The fourth-order valence-electron chi connectivity index (χ4n) is 2.12. The van der Waals surface area contributed by atoms with Crippen molar-refractivity contribution in [3.63, 3.8) is 0 Å². The van der Waals surface area contributed by atoms with Gasteiger partial charge in [-0.05, 0) is 37.8 Å². The number of hydrogen-bond acceptors (Lipinski definition) is 6. The lowest BCUT2D eigenvalue weighted by Crippen LogP contribution is -2.19. The maximum Gasteiger partial charge on any atom is 0.229 e. The van der Waals surface area contributed by atoms with Crippen LogP contribution in [0.5, 0.6) is 0 Å². The summed E-state index contributed by atoms with van der Waals surface area (Å²) in [6.07, 6.45) is 3.41. The molecule has 2 unspecified atom stereocenters. The normalized spacial score (nSPS) is 23.1. The zero-order valence-electron chi connectivity index (χ0n) is 10.6. The second kappa shape index (κ2) is 6.15. The van der Waals surface area contributed by atoms with E-state index in [1.54, 1.807) is 7.11 Å². The Balaban J connectivity index is 2.00. The molecule has 0 aliphatic heterocycles. The summed E-state index contributed by atoms with van der Waals surface area (Å²) in [6.45, 7) is 2.72. The van der Waals surface area contributed by atoms with E-state index < -0.39 is 0 Å². The largest absolute Gasteiger partial charge is 0.381 e. The van der Waals surface area contributed by atoms with Crippen molar-refractivity contribution in [2.45, 2.75) is 38.3 Å². The second-order valence-electron chi connectivity index (χ2n) is 4.29. The lowest BCUT2D eigenvalue weighted by Gasteiger charge is -2.13. The Morgan fingerprint density at radius 2 is 2.06 bits per heavy atom. The van der Waals surface area contributed by atoms with E-state index in [0.717, 1.165) is 25.8 Å². The minimum atomic E-state index is 0.199. The third-order valence-electron chi connectivity index (χ3n) is 2.99. The van der Waals surface area contributed by atoms with Crippen LogP contribution in [0.1, 0.15) is 26.2 Å². The lowest BCUT2D eigenvalue weighted by atomic mass is 10.2. The molecule has 0 saturated heterocycles. The Bertz CT molecular complexity index is 403. The van der Waals surface area contributed by atoms with Crippen LogP contribution in [0, 0.1) is 0 Å². The van der Waals surface area contributed by atoms with E-state index in [1.807, 2.05) is 6.92 Å². The van der Waals surface area contributed by atoms with Gasteiger partial charge in [-0.1, -0.05) is 0 Å². The highest BCUT2D eigenvalue weighted by molar-refractivity contribution is 6.28. The van der Waals surface area contributed by atoms with Gasteiger partial charge < -0.3 is 15.4 Å². The molecule has 2 atom stereocenters. The summed E-state index contributed by atoms with van der Waals surface area (Å²) in [5.74, 6) is 1.02. The highest BCUT2D eigenvalue weighted by Gasteiger charge is 2.25. The summed E-state index contributed by atoms with van der Waals surface area (Å²) in [6, 6.07) is 0.336. The predicted molar refractivity (Wildman–Crippen MR) is 71.1 cm³/mol. The summed E-state index contributed by atoms with van der Waals surface area (Å²) >= 11 is 5.86. The van der Waals surface area contributed by atoms with Gasteiger partial charge in [0.15, 0.2) is 0 Å². The predicted octanol–water partition coefficient (Wildman–Crippen LogP) is 1.94. The SMILES string of the molecule is CCNc1nc(Cl)nc(NC2CCC(OC)C2)n1. The number of ether oxygens (including phenoxy) is 1. The molecule has 0 spiro atoms. The Labute approximate surface area is 112 Å². The Morgan fingerprint density at radius 3 is 2.72 bits per heavy atom. The van der Waals surface area contributed by atoms with Gasteiger partial charge in [-0.2, -0.15) is 15.0 Å². The molecule has 1 aliphatic carbocycles. The van der Waals surface area contributed by atoms with Gasteiger partial charge >= 0.3 is 0 Å². The van der Waals surface area contributed by atoms with E-state index in [2.05, 4.69) is 25.6 Å². The topological polar surface area (TPSA) is 72.0 Å². The van der Waals surface area contributed by atoms with Gasteiger partial charge in [-0.15, -0.1) is 0 Å². The van der Waals surface area contributed by atoms with Crippen LogP contribution in [0.15, 0.2) is 0 Å². The molecule has 1 aromatic heterocycles. The summed E-state index contributed by atoms with van der Waals surface area (Å²) in [7, 11) is 1.75. The molecule has 2 N–H and O–H groups in total. The molecule has 1 aliphatic rings. The van der Waals surface area contributed by atoms with Gasteiger partial charge in [0.1, 0.15) is 0 Å². The first-order valence-electron chi connectivity index (χ1n) is 6.16. The summed E-state index contributed by atoms with van der Waals surface area (Å²) in [5, 5.41) is 6.50. The van der Waals surface area contributed by atoms with E-state index >= 15 is 0 Å². The van der Waals surface area contributed by atoms with Crippen LogP contribution in [0.3, 0.4) is 0 Å². The van der Waals surface area contributed by atoms with E-state index in [9.17, 15) is 0 Å². The van der Waals surface area contributed by atoms with Crippen molar-refractivity contribution in [1.82, 2.24) is 15.0 Å². The number of nitrogens with one attached hydrogen (secondary N) is 2. The van der Waals surface area contributed by atoms with Crippen LogP contribution in [-0.2, 0) is 4.74 Å². The van der Waals surface area contributed by atoms with Crippen LogP contribution >= 0.6 is 11.6 Å².